The summed E-state index contributed by atoms with van der Waals surface area (Å²) >= 11 is 1.51. The molecule has 0 amide bonds. The van der Waals surface area contributed by atoms with Crippen LogP contribution in [0, 0.1) is 0 Å². The molecule has 1 fully saturated rings. The minimum absolute atomic E-state index is 0.249. The molecule has 0 spiro atoms. The highest BCUT2D eigenvalue weighted by molar-refractivity contribution is 7.15. The number of β-amino-alcohol motifs (C(OH)–C–C–N with tert-alkyl or cyclic N) is 1. The lowest BCUT2D eigenvalue weighted by Gasteiger charge is -2.29. The predicted molar refractivity (Wildman–Crippen MR) is 85.0 cm³/mol. The average molecular weight is 318 g/mol. The lowest BCUT2D eigenvalue weighted by Crippen LogP contribution is -2.37. The number of aliphatic hydroxyl groups excluding tert-OH is 1. The second-order valence-corrected chi connectivity index (χ2v) is 6.62. The van der Waals surface area contributed by atoms with E-state index >= 15 is 0 Å². The van der Waals surface area contributed by atoms with Gasteiger partial charge in [0.1, 0.15) is 5.01 Å². The van der Waals surface area contributed by atoms with Crippen molar-refractivity contribution in [2.45, 2.75) is 25.5 Å². The predicted octanol–water partition coefficient (Wildman–Crippen LogP) is 2.47. The number of carboxylic acids is 1. The maximum atomic E-state index is 11.3. The van der Waals surface area contributed by atoms with Crippen molar-refractivity contribution in [3.05, 3.63) is 41.0 Å². The number of aliphatic hydroxyl groups is 1. The molecule has 0 aliphatic carbocycles. The van der Waals surface area contributed by atoms with Gasteiger partial charge in [0.15, 0.2) is 0 Å². The molecule has 0 unspecified atom stereocenters. The third-order valence-corrected chi connectivity index (χ3v) is 4.83. The zero-order valence-corrected chi connectivity index (χ0v) is 12.9. The molecule has 22 heavy (non-hydrogen) atoms. The zero-order valence-electron chi connectivity index (χ0n) is 12.1. The fraction of sp³-hybridized carbons (Fsp3) is 0.375. The zero-order chi connectivity index (χ0) is 15.5. The molecule has 116 valence electrons. The molecular weight excluding hydrogens is 300 g/mol. The number of hydrogen-bond acceptors (Lipinski definition) is 5. The van der Waals surface area contributed by atoms with Crippen LogP contribution in [0.15, 0.2) is 30.5 Å². The summed E-state index contributed by atoms with van der Waals surface area (Å²) in [7, 11) is 0. The van der Waals surface area contributed by atoms with E-state index in [9.17, 15) is 15.0 Å². The van der Waals surface area contributed by atoms with E-state index in [2.05, 4.69) is 9.88 Å². The molecule has 1 aromatic carbocycles. The molecule has 2 aromatic rings. The molecule has 0 radical (unpaired) electrons. The Morgan fingerprint density at radius 2 is 2.23 bits per heavy atom. The van der Waals surface area contributed by atoms with Gasteiger partial charge in [-0.3, -0.25) is 4.90 Å². The summed E-state index contributed by atoms with van der Waals surface area (Å²) in [6.45, 7) is 2.36. The monoisotopic (exact) mass is 318 g/mol. The van der Waals surface area contributed by atoms with E-state index in [4.69, 9.17) is 0 Å². The first-order valence-corrected chi connectivity index (χ1v) is 8.13. The van der Waals surface area contributed by atoms with Gasteiger partial charge in [-0.05, 0) is 25.5 Å². The lowest BCUT2D eigenvalue weighted by atomic mass is 10.1. The Labute approximate surface area is 132 Å². The number of thiazole rings is 1. The number of rotatable bonds is 4. The van der Waals surface area contributed by atoms with Crippen LogP contribution in [-0.4, -0.2) is 45.3 Å². The van der Waals surface area contributed by atoms with Gasteiger partial charge in [-0.15, -0.1) is 11.3 Å². The largest absolute Gasteiger partial charge is 0.478 e. The Bertz CT molecular complexity index is 671. The summed E-state index contributed by atoms with van der Waals surface area (Å²) in [5.41, 5.74) is 1.00. The highest BCUT2D eigenvalue weighted by Crippen LogP contribution is 2.30. The van der Waals surface area contributed by atoms with E-state index in [0.29, 0.717) is 24.2 Å². The van der Waals surface area contributed by atoms with Gasteiger partial charge < -0.3 is 10.2 Å². The molecule has 0 bridgehead atoms. The second-order valence-electron chi connectivity index (χ2n) is 5.50. The van der Waals surface area contributed by atoms with Crippen LogP contribution in [-0.2, 0) is 6.54 Å². The Balaban J connectivity index is 1.78. The topological polar surface area (TPSA) is 73.7 Å². The van der Waals surface area contributed by atoms with Crippen molar-refractivity contribution in [2.24, 2.45) is 0 Å². The molecule has 6 heteroatoms. The Morgan fingerprint density at radius 3 is 3.00 bits per heavy atom. The van der Waals surface area contributed by atoms with E-state index in [1.165, 1.54) is 11.3 Å². The van der Waals surface area contributed by atoms with Crippen molar-refractivity contribution in [3.8, 4) is 10.4 Å². The third-order valence-electron chi connectivity index (χ3n) is 3.82. The van der Waals surface area contributed by atoms with E-state index in [1.54, 1.807) is 18.3 Å². The van der Waals surface area contributed by atoms with Gasteiger partial charge in [0.2, 0.25) is 0 Å². The first-order valence-electron chi connectivity index (χ1n) is 7.31. The standard InChI is InChI=1S/C16H18N2O3S/c19-11-4-3-7-18(9-11)10-15-17-8-14(22-15)12-5-1-2-6-13(12)16(20)21/h1-2,5-6,8,11,19H,3-4,7,9-10H2,(H,20,21)/t11-/m0/s1. The van der Waals surface area contributed by atoms with Gasteiger partial charge in [0, 0.05) is 18.3 Å². The van der Waals surface area contributed by atoms with E-state index in [-0.39, 0.29) is 6.10 Å². The number of piperidine rings is 1. The minimum atomic E-state index is -0.926. The maximum absolute atomic E-state index is 11.3. The van der Waals surface area contributed by atoms with Crippen LogP contribution in [0.2, 0.25) is 0 Å². The first-order chi connectivity index (χ1) is 10.6. The van der Waals surface area contributed by atoms with Gasteiger partial charge in [-0.1, -0.05) is 18.2 Å². The van der Waals surface area contributed by atoms with Crippen molar-refractivity contribution >= 4 is 17.3 Å². The van der Waals surface area contributed by atoms with Gasteiger partial charge in [-0.2, -0.15) is 0 Å². The average Bonchev–Trinajstić information content (AvgIpc) is 2.95. The molecule has 2 heterocycles. The Kier molecular flexibility index (Phi) is 4.52. The van der Waals surface area contributed by atoms with Crippen LogP contribution in [0.1, 0.15) is 28.2 Å². The molecule has 5 nitrogen and oxygen atoms in total. The minimum Gasteiger partial charge on any atom is -0.478 e. The van der Waals surface area contributed by atoms with Crippen LogP contribution in [0.4, 0.5) is 0 Å². The van der Waals surface area contributed by atoms with Crippen molar-refractivity contribution in [1.29, 1.82) is 0 Å². The van der Waals surface area contributed by atoms with E-state index < -0.39 is 5.97 Å². The van der Waals surface area contributed by atoms with E-state index in [0.717, 1.165) is 29.3 Å². The smallest absolute Gasteiger partial charge is 0.336 e. The van der Waals surface area contributed by atoms with Crippen molar-refractivity contribution < 1.29 is 15.0 Å². The maximum Gasteiger partial charge on any atom is 0.336 e. The summed E-state index contributed by atoms with van der Waals surface area (Å²) in [5, 5.41) is 19.9. The first kappa shape index (κ1) is 15.1. The second kappa shape index (κ2) is 6.56. The summed E-state index contributed by atoms with van der Waals surface area (Å²) in [6, 6.07) is 6.98. The van der Waals surface area contributed by atoms with Gasteiger partial charge >= 0.3 is 5.97 Å². The van der Waals surface area contributed by atoms with Crippen LogP contribution >= 0.6 is 11.3 Å². The van der Waals surface area contributed by atoms with Crippen LogP contribution < -0.4 is 0 Å². The molecule has 1 saturated heterocycles. The van der Waals surface area contributed by atoms with Crippen molar-refractivity contribution in [2.75, 3.05) is 13.1 Å². The number of carbonyl (C=O) groups is 1. The molecule has 0 saturated carbocycles. The molecule has 1 atom stereocenters. The molecule has 3 rings (SSSR count). The van der Waals surface area contributed by atoms with Crippen molar-refractivity contribution in [3.63, 3.8) is 0 Å². The number of likely N-dealkylation sites (tertiary alicyclic amines) is 1. The summed E-state index contributed by atoms with van der Waals surface area (Å²) in [6.07, 6.45) is 3.36. The number of hydrogen-bond donors (Lipinski definition) is 2. The Hall–Kier alpha value is -1.76. The number of carboxylic acid groups (broad SMARTS) is 1. The Morgan fingerprint density at radius 1 is 1.41 bits per heavy atom. The molecule has 1 aliphatic heterocycles. The van der Waals surface area contributed by atoms with Gasteiger partial charge in [0.05, 0.1) is 23.1 Å². The van der Waals surface area contributed by atoms with Crippen molar-refractivity contribution in [1.82, 2.24) is 9.88 Å². The van der Waals surface area contributed by atoms with Crippen LogP contribution in [0.25, 0.3) is 10.4 Å². The number of benzene rings is 1. The molecule has 1 aromatic heterocycles. The molecule has 1 aliphatic rings. The van der Waals surface area contributed by atoms with Crippen LogP contribution in [0.3, 0.4) is 0 Å². The third kappa shape index (κ3) is 3.35. The normalized spacial score (nSPS) is 19.2. The highest BCUT2D eigenvalue weighted by Gasteiger charge is 2.19. The van der Waals surface area contributed by atoms with Gasteiger partial charge in [0.25, 0.3) is 0 Å². The number of nitrogens with zero attached hydrogens (tertiary/aromatic N) is 2. The summed E-state index contributed by atoms with van der Waals surface area (Å²) in [5.74, 6) is -0.926. The molecule has 2 N–H and O–H groups in total. The fourth-order valence-electron chi connectivity index (χ4n) is 2.76. The van der Waals surface area contributed by atoms with Crippen LogP contribution in [0.5, 0.6) is 0 Å². The quantitative estimate of drug-likeness (QED) is 0.906. The summed E-state index contributed by atoms with van der Waals surface area (Å²) in [4.78, 5) is 18.8. The lowest BCUT2D eigenvalue weighted by molar-refractivity contribution is 0.0667. The van der Waals surface area contributed by atoms with E-state index in [1.807, 2.05) is 12.1 Å². The fourth-order valence-corrected chi connectivity index (χ4v) is 3.76. The number of aromatic nitrogens is 1. The van der Waals surface area contributed by atoms with Gasteiger partial charge in [-0.25, -0.2) is 9.78 Å². The highest BCUT2D eigenvalue weighted by atomic mass is 32.1. The summed E-state index contributed by atoms with van der Waals surface area (Å²) < 4.78 is 0. The SMILES string of the molecule is O=C(O)c1ccccc1-c1cnc(CN2CCC[C@H](O)C2)s1. The number of aromatic carboxylic acids is 1. The molecular formula is C16H18N2O3S.